The van der Waals surface area contributed by atoms with Crippen LogP contribution in [-0.4, -0.2) is 18.1 Å². The zero-order valence-corrected chi connectivity index (χ0v) is 11.1. The molecule has 0 spiro atoms. The van der Waals surface area contributed by atoms with Gasteiger partial charge in [0, 0.05) is 19.6 Å². The second-order valence-corrected chi connectivity index (χ2v) is 6.01. The summed E-state index contributed by atoms with van der Waals surface area (Å²) in [7, 11) is 0. The van der Waals surface area contributed by atoms with Crippen molar-refractivity contribution in [2.75, 3.05) is 18.0 Å². The van der Waals surface area contributed by atoms with Gasteiger partial charge in [0.05, 0.1) is 17.6 Å². The van der Waals surface area contributed by atoms with Gasteiger partial charge >= 0.3 is 0 Å². The number of anilines is 1. The fourth-order valence-electron chi connectivity index (χ4n) is 2.43. The lowest BCUT2D eigenvalue weighted by Gasteiger charge is -2.27. The summed E-state index contributed by atoms with van der Waals surface area (Å²) in [5.41, 5.74) is 8.15. The zero-order valence-electron chi connectivity index (χ0n) is 11.1. The van der Waals surface area contributed by atoms with Gasteiger partial charge in [0.15, 0.2) is 0 Å². The third-order valence-corrected chi connectivity index (χ3v) is 3.80. The molecule has 3 nitrogen and oxygen atoms in total. The molecule has 3 heteroatoms. The average molecular weight is 233 g/mol. The summed E-state index contributed by atoms with van der Waals surface area (Å²) in [5.74, 6) is 0.775. The predicted octanol–water partition coefficient (Wildman–Crippen LogP) is 2.41. The van der Waals surface area contributed by atoms with Crippen molar-refractivity contribution < 1.29 is 0 Å². The highest BCUT2D eigenvalue weighted by molar-refractivity contribution is 5.45. The second-order valence-electron chi connectivity index (χ2n) is 6.01. The lowest BCUT2D eigenvalue weighted by molar-refractivity contribution is 0.263. The van der Waals surface area contributed by atoms with Crippen LogP contribution in [0.1, 0.15) is 32.9 Å². The molecule has 2 heterocycles. The molecule has 1 aromatic heterocycles. The number of rotatable bonds is 2. The third-order valence-electron chi connectivity index (χ3n) is 3.80. The summed E-state index contributed by atoms with van der Waals surface area (Å²) in [6, 6.07) is 4.17. The lowest BCUT2D eigenvalue weighted by atomic mass is 9.80. The number of aromatic nitrogens is 1. The molecule has 94 valence electrons. The molecule has 1 atom stereocenters. The van der Waals surface area contributed by atoms with Crippen LogP contribution in [-0.2, 0) is 6.54 Å². The maximum Gasteiger partial charge on any atom is 0.0553 e. The van der Waals surface area contributed by atoms with Crippen LogP contribution in [0, 0.1) is 11.3 Å². The Kier molecular flexibility index (Phi) is 3.38. The molecule has 0 saturated carbocycles. The molecule has 2 N–H and O–H groups in total. The Morgan fingerprint density at radius 3 is 2.65 bits per heavy atom. The van der Waals surface area contributed by atoms with E-state index in [9.17, 15) is 0 Å². The molecule has 2 rings (SSSR count). The lowest BCUT2D eigenvalue weighted by Crippen LogP contribution is -2.25. The van der Waals surface area contributed by atoms with Crippen molar-refractivity contribution in [1.82, 2.24) is 4.98 Å². The second kappa shape index (κ2) is 4.65. The Labute approximate surface area is 104 Å². The number of nitrogens with two attached hydrogens (primary N) is 1. The van der Waals surface area contributed by atoms with Crippen molar-refractivity contribution in [3.63, 3.8) is 0 Å². The molecule has 0 aliphatic carbocycles. The molecule has 0 radical (unpaired) electrons. The molecule has 1 aliphatic rings. The van der Waals surface area contributed by atoms with Crippen LogP contribution < -0.4 is 10.6 Å². The maximum absolute atomic E-state index is 5.56. The first-order valence-electron chi connectivity index (χ1n) is 6.40. The van der Waals surface area contributed by atoms with Gasteiger partial charge in [-0.25, -0.2) is 0 Å². The van der Waals surface area contributed by atoms with Gasteiger partial charge in [-0.1, -0.05) is 20.8 Å². The van der Waals surface area contributed by atoms with Crippen molar-refractivity contribution >= 4 is 5.69 Å². The van der Waals surface area contributed by atoms with E-state index >= 15 is 0 Å². The molecule has 1 saturated heterocycles. The van der Waals surface area contributed by atoms with Gasteiger partial charge < -0.3 is 10.6 Å². The summed E-state index contributed by atoms with van der Waals surface area (Å²) >= 11 is 0. The summed E-state index contributed by atoms with van der Waals surface area (Å²) in [4.78, 5) is 6.80. The van der Waals surface area contributed by atoms with Gasteiger partial charge in [-0.15, -0.1) is 0 Å². The Bertz CT molecular complexity index is 364. The van der Waals surface area contributed by atoms with E-state index < -0.39 is 0 Å². The van der Waals surface area contributed by atoms with Gasteiger partial charge in [-0.2, -0.15) is 0 Å². The molecular weight excluding hydrogens is 210 g/mol. The topological polar surface area (TPSA) is 42.1 Å². The quantitative estimate of drug-likeness (QED) is 0.853. The van der Waals surface area contributed by atoms with Crippen molar-refractivity contribution in [3.8, 4) is 0 Å². The molecule has 1 fully saturated rings. The van der Waals surface area contributed by atoms with Crippen molar-refractivity contribution in [1.29, 1.82) is 0 Å². The first-order chi connectivity index (χ1) is 8.00. The monoisotopic (exact) mass is 233 g/mol. The molecule has 1 unspecified atom stereocenters. The Morgan fingerprint density at radius 1 is 1.41 bits per heavy atom. The SMILES string of the molecule is CC(C)(C)C1CCN(c2ccc(CN)nc2)C1. The van der Waals surface area contributed by atoms with Gasteiger partial charge in [0.1, 0.15) is 0 Å². The van der Waals surface area contributed by atoms with Gasteiger partial charge in [-0.3, -0.25) is 4.98 Å². The summed E-state index contributed by atoms with van der Waals surface area (Å²) in [5, 5.41) is 0. The third kappa shape index (κ3) is 2.78. The van der Waals surface area contributed by atoms with Crippen molar-refractivity contribution in [2.24, 2.45) is 17.1 Å². The highest BCUT2D eigenvalue weighted by Gasteiger charge is 2.31. The minimum atomic E-state index is 0.402. The summed E-state index contributed by atoms with van der Waals surface area (Å²) < 4.78 is 0. The number of hydrogen-bond donors (Lipinski definition) is 1. The predicted molar refractivity (Wildman–Crippen MR) is 71.9 cm³/mol. The van der Waals surface area contributed by atoms with Crippen LogP contribution in [0.4, 0.5) is 5.69 Å². The molecule has 0 bridgehead atoms. The first kappa shape index (κ1) is 12.4. The van der Waals surface area contributed by atoms with Crippen LogP contribution in [0.25, 0.3) is 0 Å². The highest BCUT2D eigenvalue weighted by atomic mass is 15.2. The van der Waals surface area contributed by atoms with E-state index in [4.69, 9.17) is 5.73 Å². The number of pyridine rings is 1. The van der Waals surface area contributed by atoms with E-state index in [0.29, 0.717) is 12.0 Å². The molecular formula is C14H23N3. The molecule has 0 amide bonds. The zero-order chi connectivity index (χ0) is 12.5. The van der Waals surface area contributed by atoms with Crippen LogP contribution in [0.3, 0.4) is 0 Å². The van der Waals surface area contributed by atoms with Gasteiger partial charge in [0.2, 0.25) is 0 Å². The Balaban J connectivity index is 2.05. The largest absolute Gasteiger partial charge is 0.370 e. The van der Waals surface area contributed by atoms with Crippen LogP contribution in [0.15, 0.2) is 18.3 Å². The minimum absolute atomic E-state index is 0.402. The number of nitrogens with zero attached hydrogens (tertiary/aromatic N) is 2. The molecule has 1 aromatic rings. The maximum atomic E-state index is 5.56. The van der Waals surface area contributed by atoms with Crippen LogP contribution in [0.5, 0.6) is 0 Å². The average Bonchev–Trinajstić information content (AvgIpc) is 2.78. The van der Waals surface area contributed by atoms with E-state index in [2.05, 4.69) is 36.7 Å². The van der Waals surface area contributed by atoms with Gasteiger partial charge in [-0.05, 0) is 29.9 Å². The standard InChI is InChI=1S/C14H23N3/c1-14(2,3)11-6-7-17(10-11)13-5-4-12(8-15)16-9-13/h4-5,9,11H,6-8,10,15H2,1-3H3. The number of hydrogen-bond acceptors (Lipinski definition) is 3. The van der Waals surface area contributed by atoms with Crippen molar-refractivity contribution in [3.05, 3.63) is 24.0 Å². The fourth-order valence-corrected chi connectivity index (χ4v) is 2.43. The van der Waals surface area contributed by atoms with E-state index in [1.165, 1.54) is 12.1 Å². The first-order valence-corrected chi connectivity index (χ1v) is 6.40. The Morgan fingerprint density at radius 2 is 2.18 bits per heavy atom. The van der Waals surface area contributed by atoms with E-state index in [-0.39, 0.29) is 0 Å². The normalized spacial score (nSPS) is 20.9. The van der Waals surface area contributed by atoms with Gasteiger partial charge in [0.25, 0.3) is 0 Å². The van der Waals surface area contributed by atoms with Crippen molar-refractivity contribution in [2.45, 2.75) is 33.7 Å². The van der Waals surface area contributed by atoms with E-state index in [1.54, 1.807) is 0 Å². The minimum Gasteiger partial charge on any atom is -0.370 e. The highest BCUT2D eigenvalue weighted by Crippen LogP contribution is 2.35. The molecule has 0 aromatic carbocycles. The Hall–Kier alpha value is -1.09. The van der Waals surface area contributed by atoms with E-state index in [0.717, 1.165) is 24.7 Å². The van der Waals surface area contributed by atoms with E-state index in [1.807, 2.05) is 12.3 Å². The smallest absolute Gasteiger partial charge is 0.0553 e. The molecule has 1 aliphatic heterocycles. The summed E-state index contributed by atoms with van der Waals surface area (Å²) in [6.45, 7) is 9.80. The summed E-state index contributed by atoms with van der Waals surface area (Å²) in [6.07, 6.45) is 3.23. The molecule has 17 heavy (non-hydrogen) atoms. The van der Waals surface area contributed by atoms with Crippen LogP contribution >= 0.6 is 0 Å². The van der Waals surface area contributed by atoms with Crippen LogP contribution in [0.2, 0.25) is 0 Å². The fraction of sp³-hybridized carbons (Fsp3) is 0.643.